The van der Waals surface area contributed by atoms with Crippen molar-refractivity contribution in [1.82, 2.24) is 0 Å². The topological polar surface area (TPSA) is 120 Å². The van der Waals surface area contributed by atoms with Gasteiger partial charge in [-0.15, -0.1) is 0 Å². The number of rotatable bonds is 19. The summed E-state index contributed by atoms with van der Waals surface area (Å²) >= 11 is 0. The molecule has 0 saturated carbocycles. The first-order valence-corrected chi connectivity index (χ1v) is 19.1. The molecule has 2 saturated heterocycles. The van der Waals surface area contributed by atoms with Gasteiger partial charge in [-0.05, 0) is 46.5 Å². The van der Waals surface area contributed by atoms with Crippen molar-refractivity contribution in [2.24, 2.45) is 0 Å². The molecule has 1 N–H and O–H groups in total. The van der Waals surface area contributed by atoms with E-state index in [0.29, 0.717) is 12.2 Å². The number of ether oxygens (including phenoxy) is 9. The second-order valence-electron chi connectivity index (χ2n) is 13.8. The zero-order chi connectivity index (χ0) is 39.2. The lowest BCUT2D eigenvalue weighted by molar-refractivity contribution is -0.246. The Morgan fingerprint density at radius 2 is 1.02 bits per heavy atom. The van der Waals surface area contributed by atoms with Crippen molar-refractivity contribution in [3.63, 3.8) is 0 Å². The maximum Gasteiger partial charge on any atom is 0.338 e. The predicted molar refractivity (Wildman–Crippen MR) is 209 cm³/mol. The first-order valence-electron chi connectivity index (χ1n) is 19.1. The molecule has 5 aromatic rings. The Morgan fingerprint density at radius 1 is 0.544 bits per heavy atom. The molecule has 0 amide bonds. The molecule has 0 radical (unpaired) electrons. The zero-order valence-corrected chi connectivity index (χ0v) is 31.7. The van der Waals surface area contributed by atoms with Gasteiger partial charge in [-0.1, -0.05) is 121 Å². The average Bonchev–Trinajstić information content (AvgIpc) is 3.75. The maximum atomic E-state index is 13.1. The minimum absolute atomic E-state index is 0.114. The molecule has 2 heterocycles. The van der Waals surface area contributed by atoms with E-state index in [1.54, 1.807) is 31.4 Å². The Kier molecular flexibility index (Phi) is 14.5. The van der Waals surface area contributed by atoms with E-state index in [1.165, 1.54) is 0 Å². The van der Waals surface area contributed by atoms with Gasteiger partial charge in [0.05, 0.1) is 45.7 Å². The van der Waals surface area contributed by atoms with Crippen LogP contribution in [0.1, 0.15) is 32.6 Å². The molecule has 11 nitrogen and oxygen atoms in total. The van der Waals surface area contributed by atoms with Crippen molar-refractivity contribution in [1.29, 1.82) is 0 Å². The number of aliphatic hydroxyl groups is 1. The van der Waals surface area contributed by atoms with E-state index in [1.807, 2.05) is 121 Å². The van der Waals surface area contributed by atoms with Crippen LogP contribution in [0.5, 0.6) is 5.75 Å². The lowest BCUT2D eigenvalue weighted by atomic mass is 10.1. The van der Waals surface area contributed by atoms with Crippen LogP contribution in [0.2, 0.25) is 0 Å². The molecule has 2 aliphatic rings. The van der Waals surface area contributed by atoms with Crippen LogP contribution in [0.25, 0.3) is 0 Å². The summed E-state index contributed by atoms with van der Waals surface area (Å²) in [5, 5.41) is 11.4. The van der Waals surface area contributed by atoms with Crippen LogP contribution < -0.4 is 4.74 Å². The van der Waals surface area contributed by atoms with Crippen molar-refractivity contribution in [2.75, 3.05) is 20.3 Å². The second kappa shape index (κ2) is 20.5. The highest BCUT2D eigenvalue weighted by molar-refractivity contribution is 5.89. The van der Waals surface area contributed by atoms with Crippen LogP contribution in [0.4, 0.5) is 0 Å². The van der Waals surface area contributed by atoms with Crippen molar-refractivity contribution < 1.29 is 52.5 Å². The van der Waals surface area contributed by atoms with Gasteiger partial charge in [-0.3, -0.25) is 0 Å². The summed E-state index contributed by atoms with van der Waals surface area (Å²) < 4.78 is 56.1. The number of hydrogen-bond acceptors (Lipinski definition) is 11. The lowest BCUT2D eigenvalue weighted by Gasteiger charge is -2.29. The van der Waals surface area contributed by atoms with Crippen LogP contribution in [0.15, 0.2) is 146 Å². The Labute approximate surface area is 332 Å². The van der Waals surface area contributed by atoms with Crippen LogP contribution in [0, 0.1) is 0 Å². The molecule has 8 atom stereocenters. The number of methoxy groups -OCH3 is 1. The standard InChI is InChI=1S/C46H48O11/c1-49-37-24-22-35(23-25-37)26-50-30-38-40(51-27-32-14-6-2-7-15-32)42(45(48)55-38)57-46-43(53-29-34-18-10-4-11-19-34)41(52-28-33-16-8-3-9-17-33)39(56-46)31-54-44(47)36-20-12-5-13-21-36/h2-25,38-43,45-46,48H,26-31H2,1H3/t38-,39-,40-,41-,42+,43+,45+,46+/m1/s1. The molecule has 57 heavy (non-hydrogen) atoms. The van der Waals surface area contributed by atoms with Crippen LogP contribution in [-0.2, 0) is 64.3 Å². The van der Waals surface area contributed by atoms with Gasteiger partial charge in [-0.2, -0.15) is 0 Å². The molecule has 2 fully saturated rings. The molecule has 0 bridgehead atoms. The highest BCUT2D eigenvalue weighted by atomic mass is 16.8. The van der Waals surface area contributed by atoms with Gasteiger partial charge in [0.25, 0.3) is 0 Å². The van der Waals surface area contributed by atoms with Crippen molar-refractivity contribution in [3.8, 4) is 5.75 Å². The first kappa shape index (κ1) is 40.3. The summed E-state index contributed by atoms with van der Waals surface area (Å²) in [6, 6.07) is 45.5. The molecule has 0 aromatic heterocycles. The monoisotopic (exact) mass is 776 g/mol. The zero-order valence-electron chi connectivity index (χ0n) is 31.7. The van der Waals surface area contributed by atoms with E-state index in [4.69, 9.17) is 42.6 Å². The third kappa shape index (κ3) is 11.1. The Hall–Kier alpha value is -4.95. The summed E-state index contributed by atoms with van der Waals surface area (Å²) in [6.45, 7) is 0.969. The van der Waals surface area contributed by atoms with Crippen LogP contribution in [0.3, 0.4) is 0 Å². The third-order valence-electron chi connectivity index (χ3n) is 9.80. The molecule has 0 aliphatic carbocycles. The fourth-order valence-electron chi connectivity index (χ4n) is 6.79. The van der Waals surface area contributed by atoms with Gasteiger partial charge >= 0.3 is 5.97 Å². The number of hydrogen-bond donors (Lipinski definition) is 1. The quantitative estimate of drug-likeness (QED) is 0.0908. The SMILES string of the molecule is COc1ccc(COC[C@H]2O[C@H](O)[C@@H](O[C@@H]3O[C@H](COC(=O)c4ccccc4)[C@@H](OCc4ccccc4)[C@@H]3OCc3ccccc3)[C@@H]2OCc2ccccc2)cc1. The van der Waals surface area contributed by atoms with E-state index in [-0.39, 0.29) is 33.0 Å². The summed E-state index contributed by atoms with van der Waals surface area (Å²) in [7, 11) is 1.62. The fraction of sp³-hybridized carbons (Fsp3) is 0.326. The van der Waals surface area contributed by atoms with Gasteiger partial charge in [0.15, 0.2) is 12.6 Å². The van der Waals surface area contributed by atoms with Crippen molar-refractivity contribution in [2.45, 2.75) is 75.6 Å². The number of benzene rings is 5. The number of carbonyl (C=O) groups is 1. The smallest absolute Gasteiger partial charge is 0.338 e. The maximum absolute atomic E-state index is 13.1. The second-order valence-corrected chi connectivity index (χ2v) is 13.8. The summed E-state index contributed by atoms with van der Waals surface area (Å²) in [4.78, 5) is 13.1. The minimum atomic E-state index is -1.39. The predicted octanol–water partition coefficient (Wildman–Crippen LogP) is 6.65. The third-order valence-corrected chi connectivity index (χ3v) is 9.80. The van der Waals surface area contributed by atoms with E-state index >= 15 is 0 Å². The average molecular weight is 777 g/mol. The molecule has 0 spiro atoms. The highest BCUT2D eigenvalue weighted by Crippen LogP contribution is 2.35. The van der Waals surface area contributed by atoms with Crippen LogP contribution in [-0.4, -0.2) is 80.6 Å². The molecule has 5 aromatic carbocycles. The van der Waals surface area contributed by atoms with E-state index < -0.39 is 55.2 Å². The van der Waals surface area contributed by atoms with Crippen molar-refractivity contribution >= 4 is 5.97 Å². The molecule has 11 heteroatoms. The Balaban J connectivity index is 1.12. The van der Waals surface area contributed by atoms with Gasteiger partial charge in [0.1, 0.15) is 49.0 Å². The van der Waals surface area contributed by atoms with Gasteiger partial charge in [0.2, 0.25) is 0 Å². The largest absolute Gasteiger partial charge is 0.497 e. The highest BCUT2D eigenvalue weighted by Gasteiger charge is 2.53. The molecule has 0 unspecified atom stereocenters. The molecule has 298 valence electrons. The first-order chi connectivity index (χ1) is 28.0. The number of esters is 1. The van der Waals surface area contributed by atoms with Gasteiger partial charge in [0, 0.05) is 0 Å². The molecule has 2 aliphatic heterocycles. The Morgan fingerprint density at radius 3 is 1.56 bits per heavy atom. The van der Waals surface area contributed by atoms with E-state index in [0.717, 1.165) is 28.0 Å². The van der Waals surface area contributed by atoms with Crippen molar-refractivity contribution in [3.05, 3.63) is 173 Å². The molecule has 7 rings (SSSR count). The summed E-state index contributed by atoms with van der Waals surface area (Å²) in [5.74, 6) is 0.249. The summed E-state index contributed by atoms with van der Waals surface area (Å²) in [5.41, 5.74) is 4.16. The van der Waals surface area contributed by atoms with Crippen LogP contribution >= 0.6 is 0 Å². The number of carbonyl (C=O) groups excluding carboxylic acids is 1. The lowest BCUT2D eigenvalue weighted by Crippen LogP contribution is -2.45. The fourth-order valence-corrected chi connectivity index (χ4v) is 6.79. The Bertz CT molecular complexity index is 1910. The van der Waals surface area contributed by atoms with E-state index in [2.05, 4.69) is 0 Å². The molecular formula is C46H48O11. The minimum Gasteiger partial charge on any atom is -0.497 e. The summed E-state index contributed by atoms with van der Waals surface area (Å²) in [6.07, 6.45) is -7.30. The normalized spacial score (nSPS) is 24.3. The number of aliphatic hydroxyl groups excluding tert-OH is 1. The van der Waals surface area contributed by atoms with E-state index in [9.17, 15) is 9.90 Å². The molecular weight excluding hydrogens is 728 g/mol. The van der Waals surface area contributed by atoms with Gasteiger partial charge < -0.3 is 47.7 Å². The van der Waals surface area contributed by atoms with Gasteiger partial charge in [-0.25, -0.2) is 4.79 Å².